The summed E-state index contributed by atoms with van der Waals surface area (Å²) in [6.45, 7) is 0.481. The molecule has 0 aromatic heterocycles. The molecule has 1 aliphatic heterocycles. The largest absolute Gasteiger partial charge is 0.502 e. The van der Waals surface area contributed by atoms with E-state index in [0.717, 1.165) is 30.4 Å². The standard InChI is InChI=1S/C23H30ClNO4/c24-18-8-6-17(7-9-18)14-23(21(27)13-20(26)22(28)29)11-10-19(25-15-23)12-16-4-2-1-3-5-16/h6-9,13,16,19,25-26H,1-5,10-12,14-15H2,(H,28,29)/b20-13-. The first kappa shape index (κ1) is 21.8. The number of hydrogen-bond donors (Lipinski definition) is 3. The van der Waals surface area contributed by atoms with Gasteiger partial charge in [0.2, 0.25) is 5.76 Å². The summed E-state index contributed by atoms with van der Waals surface area (Å²) in [6, 6.07) is 7.77. The number of halogens is 1. The predicted molar refractivity (Wildman–Crippen MR) is 113 cm³/mol. The number of allylic oxidation sites excluding steroid dienone is 1. The zero-order valence-corrected chi connectivity index (χ0v) is 17.5. The predicted octanol–water partition coefficient (Wildman–Crippen LogP) is 4.69. The van der Waals surface area contributed by atoms with Gasteiger partial charge in [-0.1, -0.05) is 55.8 Å². The molecule has 158 valence electrons. The van der Waals surface area contributed by atoms with Gasteiger partial charge < -0.3 is 15.5 Å². The van der Waals surface area contributed by atoms with Gasteiger partial charge in [-0.15, -0.1) is 0 Å². The molecule has 5 nitrogen and oxygen atoms in total. The van der Waals surface area contributed by atoms with Crippen molar-refractivity contribution in [3.63, 3.8) is 0 Å². The van der Waals surface area contributed by atoms with E-state index in [-0.39, 0.29) is 5.78 Å². The number of ketones is 1. The van der Waals surface area contributed by atoms with Crippen molar-refractivity contribution in [2.75, 3.05) is 6.54 Å². The summed E-state index contributed by atoms with van der Waals surface area (Å²) >= 11 is 5.98. The number of carboxylic acid groups (broad SMARTS) is 1. The highest BCUT2D eigenvalue weighted by molar-refractivity contribution is 6.30. The number of piperidine rings is 1. The van der Waals surface area contributed by atoms with Gasteiger partial charge in [0.15, 0.2) is 5.78 Å². The fraction of sp³-hybridized carbons (Fsp3) is 0.565. The topological polar surface area (TPSA) is 86.6 Å². The molecule has 29 heavy (non-hydrogen) atoms. The number of nitrogens with one attached hydrogen (secondary N) is 1. The number of rotatable bonds is 7. The van der Waals surface area contributed by atoms with E-state index in [4.69, 9.17) is 16.7 Å². The van der Waals surface area contributed by atoms with Crippen LogP contribution in [-0.4, -0.2) is 34.6 Å². The number of aliphatic hydroxyl groups is 1. The lowest BCUT2D eigenvalue weighted by atomic mass is 9.70. The minimum absolute atomic E-state index is 0.337. The van der Waals surface area contributed by atoms with Crippen molar-refractivity contribution in [2.24, 2.45) is 11.3 Å². The second-order valence-corrected chi connectivity index (χ2v) is 9.08. The van der Waals surface area contributed by atoms with Crippen LogP contribution in [0.2, 0.25) is 5.02 Å². The van der Waals surface area contributed by atoms with Gasteiger partial charge in [0, 0.05) is 29.1 Å². The molecule has 1 aromatic carbocycles. The summed E-state index contributed by atoms with van der Waals surface area (Å²) in [4.78, 5) is 24.0. The molecule has 1 aliphatic carbocycles. The lowest BCUT2D eigenvalue weighted by Gasteiger charge is -2.40. The Bertz CT molecular complexity index is 745. The first-order chi connectivity index (χ1) is 13.9. The third kappa shape index (κ3) is 5.83. The van der Waals surface area contributed by atoms with Gasteiger partial charge in [-0.25, -0.2) is 4.79 Å². The van der Waals surface area contributed by atoms with E-state index in [0.29, 0.717) is 30.5 Å². The zero-order valence-electron chi connectivity index (χ0n) is 16.7. The molecular formula is C23H30ClNO4. The molecule has 3 rings (SSSR count). The molecule has 1 saturated heterocycles. The van der Waals surface area contributed by atoms with Crippen LogP contribution in [0.5, 0.6) is 0 Å². The summed E-state index contributed by atoms with van der Waals surface area (Å²) in [5.74, 6) is -1.97. The number of aliphatic carboxylic acids is 1. The van der Waals surface area contributed by atoms with Gasteiger partial charge in [-0.05, 0) is 49.3 Å². The lowest BCUT2D eigenvalue weighted by Crippen LogP contribution is -2.51. The van der Waals surface area contributed by atoms with E-state index in [2.05, 4.69) is 5.32 Å². The molecule has 6 heteroatoms. The molecule has 0 amide bonds. The molecule has 0 bridgehead atoms. The lowest BCUT2D eigenvalue weighted by molar-refractivity contribution is -0.136. The quantitative estimate of drug-likeness (QED) is 0.441. The Balaban J connectivity index is 1.73. The third-order valence-electron chi connectivity index (χ3n) is 6.51. The Hall–Kier alpha value is -1.85. The van der Waals surface area contributed by atoms with Crippen LogP contribution in [0.4, 0.5) is 0 Å². The number of carboxylic acids is 1. The van der Waals surface area contributed by atoms with Crippen molar-refractivity contribution in [2.45, 2.75) is 63.8 Å². The highest BCUT2D eigenvalue weighted by Gasteiger charge is 2.41. The van der Waals surface area contributed by atoms with Crippen LogP contribution < -0.4 is 5.32 Å². The van der Waals surface area contributed by atoms with Crippen LogP contribution in [0.15, 0.2) is 36.1 Å². The first-order valence-electron chi connectivity index (χ1n) is 10.5. The van der Waals surface area contributed by atoms with Crippen LogP contribution in [0.25, 0.3) is 0 Å². The Kier molecular flexibility index (Phi) is 7.36. The van der Waals surface area contributed by atoms with Gasteiger partial charge in [-0.3, -0.25) is 4.79 Å². The fourth-order valence-electron chi connectivity index (χ4n) is 4.79. The molecule has 1 heterocycles. The van der Waals surface area contributed by atoms with E-state index in [1.165, 1.54) is 32.1 Å². The summed E-state index contributed by atoms with van der Waals surface area (Å²) in [6.07, 6.45) is 10.6. The molecule has 2 aliphatic rings. The summed E-state index contributed by atoms with van der Waals surface area (Å²) < 4.78 is 0. The Morgan fingerprint density at radius 1 is 1.10 bits per heavy atom. The fourth-order valence-corrected chi connectivity index (χ4v) is 4.91. The molecule has 1 aromatic rings. The van der Waals surface area contributed by atoms with E-state index in [1.54, 1.807) is 12.1 Å². The molecule has 0 spiro atoms. The molecule has 3 N–H and O–H groups in total. The van der Waals surface area contributed by atoms with Crippen molar-refractivity contribution in [1.29, 1.82) is 0 Å². The average molecular weight is 420 g/mol. The van der Waals surface area contributed by atoms with Gasteiger partial charge in [0.05, 0.1) is 0 Å². The Morgan fingerprint density at radius 2 is 1.79 bits per heavy atom. The van der Waals surface area contributed by atoms with Crippen LogP contribution in [0.1, 0.15) is 56.9 Å². The number of carbonyl (C=O) groups excluding carboxylic acids is 1. The van der Waals surface area contributed by atoms with Crippen molar-refractivity contribution in [3.8, 4) is 0 Å². The first-order valence-corrected chi connectivity index (χ1v) is 10.9. The summed E-state index contributed by atoms with van der Waals surface area (Å²) in [7, 11) is 0. The monoisotopic (exact) mass is 419 g/mol. The van der Waals surface area contributed by atoms with Crippen LogP contribution in [-0.2, 0) is 16.0 Å². The van der Waals surface area contributed by atoms with Crippen LogP contribution in [0, 0.1) is 11.3 Å². The zero-order chi connectivity index (χ0) is 20.9. The minimum atomic E-state index is -1.49. The molecule has 2 unspecified atom stereocenters. The second-order valence-electron chi connectivity index (χ2n) is 8.64. The van der Waals surface area contributed by atoms with Crippen LogP contribution >= 0.6 is 11.6 Å². The highest BCUT2D eigenvalue weighted by Crippen LogP contribution is 2.37. The molecule has 2 fully saturated rings. The summed E-state index contributed by atoms with van der Waals surface area (Å²) in [5, 5.41) is 22.8. The smallest absolute Gasteiger partial charge is 0.371 e. The average Bonchev–Trinajstić information content (AvgIpc) is 2.72. The van der Waals surface area contributed by atoms with E-state index in [1.807, 2.05) is 12.1 Å². The number of benzene rings is 1. The van der Waals surface area contributed by atoms with Gasteiger partial charge >= 0.3 is 5.97 Å². The normalized spacial score (nSPS) is 26.2. The molecule has 0 radical (unpaired) electrons. The second kappa shape index (κ2) is 9.77. The van der Waals surface area contributed by atoms with E-state index in [9.17, 15) is 14.7 Å². The summed E-state index contributed by atoms with van der Waals surface area (Å²) in [5.41, 5.74) is 0.207. The van der Waals surface area contributed by atoms with Gasteiger partial charge in [0.25, 0.3) is 0 Å². The maximum Gasteiger partial charge on any atom is 0.371 e. The third-order valence-corrected chi connectivity index (χ3v) is 6.76. The number of aliphatic hydroxyl groups excluding tert-OH is 1. The maximum atomic E-state index is 13.0. The maximum absolute atomic E-state index is 13.0. The van der Waals surface area contributed by atoms with Crippen LogP contribution in [0.3, 0.4) is 0 Å². The molecule has 1 saturated carbocycles. The van der Waals surface area contributed by atoms with E-state index < -0.39 is 17.1 Å². The van der Waals surface area contributed by atoms with Crippen molar-refractivity contribution in [3.05, 3.63) is 46.7 Å². The highest BCUT2D eigenvalue weighted by atomic mass is 35.5. The Morgan fingerprint density at radius 3 is 2.38 bits per heavy atom. The van der Waals surface area contributed by atoms with Crippen molar-refractivity contribution < 1.29 is 19.8 Å². The van der Waals surface area contributed by atoms with E-state index >= 15 is 0 Å². The molecular weight excluding hydrogens is 390 g/mol. The van der Waals surface area contributed by atoms with Crippen molar-refractivity contribution in [1.82, 2.24) is 5.32 Å². The molecule has 2 atom stereocenters. The number of carbonyl (C=O) groups is 2. The SMILES string of the molecule is O=C(O)/C(O)=C/C(=O)C1(Cc2ccc(Cl)cc2)CCC(CC2CCCCC2)NC1. The Labute approximate surface area is 177 Å². The van der Waals surface area contributed by atoms with Crippen molar-refractivity contribution >= 4 is 23.4 Å². The van der Waals surface area contributed by atoms with Gasteiger partial charge in [-0.2, -0.15) is 0 Å². The number of hydrogen-bond acceptors (Lipinski definition) is 4. The minimum Gasteiger partial charge on any atom is -0.502 e. The van der Waals surface area contributed by atoms with Gasteiger partial charge in [0.1, 0.15) is 0 Å².